The molecule has 0 aliphatic rings. The minimum absolute atomic E-state index is 0.0228. The van der Waals surface area contributed by atoms with Gasteiger partial charge in [-0.05, 0) is 45.1 Å². The lowest BCUT2D eigenvalue weighted by Gasteiger charge is -2.20. The first-order chi connectivity index (χ1) is 9.81. The number of aromatic nitrogens is 1. The summed E-state index contributed by atoms with van der Waals surface area (Å²) < 4.78 is 39.1. The number of nitriles is 1. The largest absolute Gasteiger partial charge is 0.433 e. The molecule has 8 heteroatoms. The fourth-order valence-electron chi connectivity index (χ4n) is 1.76. The minimum Gasteiger partial charge on any atom is -0.354 e. The second kappa shape index (κ2) is 6.03. The Hall–Kier alpha value is -1.59. The summed E-state index contributed by atoms with van der Waals surface area (Å²) in [6.45, 7) is 0.366. The van der Waals surface area contributed by atoms with Crippen LogP contribution in [0.2, 0.25) is 0 Å². The Bertz CT molecular complexity index is 691. The van der Waals surface area contributed by atoms with Gasteiger partial charge in [-0.1, -0.05) is 0 Å². The molecule has 21 heavy (non-hydrogen) atoms. The summed E-state index contributed by atoms with van der Waals surface area (Å²) in [6, 6.07) is 5.70. The summed E-state index contributed by atoms with van der Waals surface area (Å²) in [6.07, 6.45) is -4.53. The molecule has 2 heterocycles. The molecular formula is C13H9BrF3N3S. The zero-order valence-electron chi connectivity index (χ0n) is 10.8. The molecule has 3 nitrogen and oxygen atoms in total. The molecule has 0 aliphatic heterocycles. The van der Waals surface area contributed by atoms with E-state index in [9.17, 15) is 13.2 Å². The number of hydrogen-bond donors (Lipinski definition) is 0. The van der Waals surface area contributed by atoms with Gasteiger partial charge < -0.3 is 4.90 Å². The zero-order valence-corrected chi connectivity index (χ0v) is 13.2. The summed E-state index contributed by atoms with van der Waals surface area (Å²) in [7, 11) is 1.61. The molecule has 0 fully saturated rings. The van der Waals surface area contributed by atoms with E-state index in [-0.39, 0.29) is 11.4 Å². The second-order valence-corrected chi connectivity index (χ2v) is 6.58. The standard InChI is InChI=1S/C13H9BrF3N3S/c1-20(6-8-4-11(14)21-7-8)12-9(5-18)2-3-10(19-12)13(15,16)17/h2-4,7H,6H2,1H3. The Morgan fingerprint density at radius 1 is 1.43 bits per heavy atom. The Morgan fingerprint density at radius 2 is 2.14 bits per heavy atom. The third kappa shape index (κ3) is 3.74. The van der Waals surface area contributed by atoms with Crippen LogP contribution in [0, 0.1) is 11.3 Å². The van der Waals surface area contributed by atoms with Gasteiger partial charge in [-0.25, -0.2) is 4.98 Å². The number of anilines is 1. The second-order valence-electron chi connectivity index (χ2n) is 4.29. The average Bonchev–Trinajstić information content (AvgIpc) is 2.82. The van der Waals surface area contributed by atoms with Crippen LogP contribution in [0.4, 0.5) is 19.0 Å². The topological polar surface area (TPSA) is 39.9 Å². The third-order valence-electron chi connectivity index (χ3n) is 2.69. The van der Waals surface area contributed by atoms with Gasteiger partial charge in [-0.15, -0.1) is 11.3 Å². The first-order valence-corrected chi connectivity index (χ1v) is 7.41. The highest BCUT2D eigenvalue weighted by atomic mass is 79.9. The van der Waals surface area contributed by atoms with Crippen LogP contribution in [0.5, 0.6) is 0 Å². The van der Waals surface area contributed by atoms with Gasteiger partial charge in [0.25, 0.3) is 0 Å². The van der Waals surface area contributed by atoms with E-state index in [1.165, 1.54) is 16.2 Å². The number of hydrogen-bond acceptors (Lipinski definition) is 4. The SMILES string of the molecule is CN(Cc1csc(Br)c1)c1nc(C(F)(F)F)ccc1C#N. The summed E-state index contributed by atoms with van der Waals surface area (Å²) in [5.74, 6) is 0.0228. The summed E-state index contributed by atoms with van der Waals surface area (Å²) in [4.78, 5) is 5.12. The number of nitrogens with zero attached hydrogens (tertiary/aromatic N) is 3. The van der Waals surface area contributed by atoms with E-state index in [2.05, 4.69) is 20.9 Å². The molecule has 0 radical (unpaired) electrons. The van der Waals surface area contributed by atoms with Crippen molar-refractivity contribution in [2.24, 2.45) is 0 Å². The minimum atomic E-state index is -4.53. The van der Waals surface area contributed by atoms with Crippen molar-refractivity contribution in [3.63, 3.8) is 0 Å². The quantitative estimate of drug-likeness (QED) is 0.796. The Labute approximate surface area is 131 Å². The van der Waals surface area contributed by atoms with E-state index in [0.717, 1.165) is 21.5 Å². The van der Waals surface area contributed by atoms with Gasteiger partial charge in [0, 0.05) is 13.6 Å². The van der Waals surface area contributed by atoms with Crippen LogP contribution in [0.3, 0.4) is 0 Å². The summed E-state index contributed by atoms with van der Waals surface area (Å²) in [5, 5.41) is 10.9. The lowest BCUT2D eigenvalue weighted by atomic mass is 10.2. The van der Waals surface area contributed by atoms with Gasteiger partial charge in [0.15, 0.2) is 0 Å². The van der Waals surface area contributed by atoms with E-state index in [1.807, 2.05) is 17.5 Å². The first-order valence-electron chi connectivity index (χ1n) is 5.73. The van der Waals surface area contributed by atoms with Gasteiger partial charge in [-0.2, -0.15) is 18.4 Å². The molecular weight excluding hydrogens is 367 g/mol. The van der Waals surface area contributed by atoms with Crippen molar-refractivity contribution in [2.45, 2.75) is 12.7 Å². The Kier molecular flexibility index (Phi) is 4.54. The van der Waals surface area contributed by atoms with E-state index >= 15 is 0 Å². The van der Waals surface area contributed by atoms with Crippen molar-refractivity contribution in [1.29, 1.82) is 5.26 Å². The molecule has 0 unspecified atom stereocenters. The van der Waals surface area contributed by atoms with Crippen molar-refractivity contribution in [2.75, 3.05) is 11.9 Å². The normalized spacial score (nSPS) is 11.2. The molecule has 0 saturated carbocycles. The van der Waals surface area contributed by atoms with Crippen molar-refractivity contribution in [3.05, 3.63) is 44.2 Å². The Balaban J connectivity index is 2.34. The van der Waals surface area contributed by atoms with Gasteiger partial charge in [0.2, 0.25) is 0 Å². The highest BCUT2D eigenvalue weighted by molar-refractivity contribution is 9.11. The molecule has 0 N–H and O–H groups in total. The van der Waals surface area contributed by atoms with Crippen molar-refractivity contribution in [1.82, 2.24) is 4.98 Å². The van der Waals surface area contributed by atoms with Gasteiger partial charge in [0.05, 0.1) is 9.35 Å². The maximum absolute atomic E-state index is 12.7. The van der Waals surface area contributed by atoms with Crippen LogP contribution >= 0.6 is 27.3 Å². The number of alkyl halides is 3. The van der Waals surface area contributed by atoms with Crippen LogP contribution in [-0.2, 0) is 12.7 Å². The maximum atomic E-state index is 12.7. The molecule has 2 aromatic heterocycles. The zero-order chi connectivity index (χ0) is 15.6. The van der Waals surface area contributed by atoms with Gasteiger partial charge >= 0.3 is 6.18 Å². The van der Waals surface area contributed by atoms with Crippen molar-refractivity contribution >= 4 is 33.1 Å². The van der Waals surface area contributed by atoms with Crippen LogP contribution in [-0.4, -0.2) is 12.0 Å². The van der Waals surface area contributed by atoms with E-state index in [0.29, 0.717) is 6.54 Å². The third-order valence-corrected chi connectivity index (χ3v) is 4.24. The molecule has 0 spiro atoms. The fraction of sp³-hybridized carbons (Fsp3) is 0.231. The monoisotopic (exact) mass is 375 g/mol. The lowest BCUT2D eigenvalue weighted by molar-refractivity contribution is -0.141. The Morgan fingerprint density at radius 3 is 2.67 bits per heavy atom. The predicted molar refractivity (Wildman–Crippen MR) is 78.1 cm³/mol. The first kappa shape index (κ1) is 15.8. The molecule has 0 saturated heterocycles. The number of pyridine rings is 1. The van der Waals surface area contributed by atoms with Crippen LogP contribution in [0.25, 0.3) is 0 Å². The number of halogens is 4. The van der Waals surface area contributed by atoms with Crippen molar-refractivity contribution in [3.8, 4) is 6.07 Å². The van der Waals surface area contributed by atoms with E-state index in [4.69, 9.17) is 5.26 Å². The molecule has 0 atom stereocenters. The maximum Gasteiger partial charge on any atom is 0.433 e. The van der Waals surface area contributed by atoms with Gasteiger partial charge in [-0.3, -0.25) is 0 Å². The number of thiophene rings is 1. The van der Waals surface area contributed by atoms with Crippen LogP contribution < -0.4 is 4.90 Å². The summed E-state index contributed by atoms with van der Waals surface area (Å²) in [5.41, 5.74) is 0.0344. The molecule has 110 valence electrons. The molecule has 2 aromatic rings. The predicted octanol–water partition coefficient (Wildman–Crippen LogP) is 4.43. The lowest BCUT2D eigenvalue weighted by Crippen LogP contribution is -2.20. The van der Waals surface area contributed by atoms with Gasteiger partial charge in [0.1, 0.15) is 17.6 Å². The molecule has 0 amide bonds. The highest BCUT2D eigenvalue weighted by Gasteiger charge is 2.33. The highest BCUT2D eigenvalue weighted by Crippen LogP contribution is 2.31. The molecule has 0 aromatic carbocycles. The van der Waals surface area contributed by atoms with E-state index < -0.39 is 11.9 Å². The van der Waals surface area contributed by atoms with Crippen LogP contribution in [0.15, 0.2) is 27.4 Å². The smallest absolute Gasteiger partial charge is 0.354 e. The van der Waals surface area contributed by atoms with E-state index in [1.54, 1.807) is 7.05 Å². The molecule has 2 rings (SSSR count). The number of rotatable bonds is 3. The van der Waals surface area contributed by atoms with Crippen LogP contribution in [0.1, 0.15) is 16.8 Å². The van der Waals surface area contributed by atoms with Crippen molar-refractivity contribution < 1.29 is 13.2 Å². The molecule has 0 bridgehead atoms. The average molecular weight is 376 g/mol. The molecule has 0 aliphatic carbocycles. The fourth-order valence-corrected chi connectivity index (χ4v) is 2.96. The summed E-state index contributed by atoms with van der Waals surface area (Å²) >= 11 is 4.81.